The maximum Gasteiger partial charge on any atom is 0.329 e. The molecular weight excluding hydrogens is 346 g/mol. The third-order valence-electron chi connectivity index (χ3n) is 4.55. The smallest absolute Gasteiger partial charge is 0.329 e. The molecule has 2 heterocycles. The first-order valence-corrected chi connectivity index (χ1v) is 9.08. The summed E-state index contributed by atoms with van der Waals surface area (Å²) in [7, 11) is 0. The number of urea groups is 1. The zero-order valence-electron chi connectivity index (χ0n) is 16.1. The van der Waals surface area contributed by atoms with Gasteiger partial charge in [-0.1, -0.05) is 0 Å². The van der Waals surface area contributed by atoms with E-state index in [1.54, 1.807) is 20.1 Å². The lowest BCUT2D eigenvalue weighted by Crippen LogP contribution is -2.38. The number of nitrogens with one attached hydrogen (secondary N) is 2. The van der Waals surface area contributed by atoms with E-state index in [2.05, 4.69) is 20.7 Å². The van der Waals surface area contributed by atoms with E-state index in [1.165, 1.54) is 6.33 Å². The first-order chi connectivity index (χ1) is 12.9. The minimum atomic E-state index is -0.301. The van der Waals surface area contributed by atoms with E-state index in [-0.39, 0.29) is 17.8 Å². The van der Waals surface area contributed by atoms with Crippen molar-refractivity contribution in [3.05, 3.63) is 40.8 Å². The van der Waals surface area contributed by atoms with Gasteiger partial charge in [0.2, 0.25) is 0 Å². The fraction of sp³-hybridized carbons (Fsp3) is 0.444. The molecule has 3 aromatic rings. The molecule has 0 aliphatic rings. The molecule has 3 rings (SSSR count). The fourth-order valence-corrected chi connectivity index (χ4v) is 3.25. The van der Waals surface area contributed by atoms with Gasteiger partial charge < -0.3 is 10.6 Å². The molecular formula is C18H25N7O2. The SMILES string of the molecule is CCn1c(=O)n(CC)c2cc(NC(=O)N[C@H](C)Cn3cncn3)c(C)cc21. The number of anilines is 1. The monoisotopic (exact) mass is 371 g/mol. The maximum absolute atomic E-state index is 12.5. The zero-order valence-corrected chi connectivity index (χ0v) is 16.1. The van der Waals surface area contributed by atoms with E-state index in [9.17, 15) is 9.59 Å². The normalized spacial score (nSPS) is 12.3. The van der Waals surface area contributed by atoms with E-state index in [0.717, 1.165) is 16.6 Å². The number of hydrogen-bond donors (Lipinski definition) is 2. The van der Waals surface area contributed by atoms with Gasteiger partial charge in [-0.2, -0.15) is 5.10 Å². The molecule has 2 amide bonds. The van der Waals surface area contributed by atoms with Crippen LogP contribution in [0.3, 0.4) is 0 Å². The average molecular weight is 371 g/mol. The standard InChI is InChI=1S/C18H25N7O2/c1-5-24-15-7-12(3)14(8-16(15)25(6-2)18(24)27)22-17(26)21-13(4)9-23-11-19-10-20-23/h7-8,10-11,13H,5-6,9H2,1-4H3,(H2,21,22,26)/t13-/m1/s1. The molecule has 2 N–H and O–H groups in total. The molecule has 2 aromatic heterocycles. The van der Waals surface area contributed by atoms with Crippen LogP contribution in [0.2, 0.25) is 0 Å². The van der Waals surface area contributed by atoms with Crippen LogP contribution in [0.15, 0.2) is 29.6 Å². The summed E-state index contributed by atoms with van der Waals surface area (Å²) in [5, 5.41) is 9.81. The summed E-state index contributed by atoms with van der Waals surface area (Å²) < 4.78 is 5.13. The number of rotatable bonds is 6. The van der Waals surface area contributed by atoms with Gasteiger partial charge >= 0.3 is 11.7 Å². The highest BCUT2D eigenvalue weighted by molar-refractivity contribution is 5.93. The number of aromatic nitrogens is 5. The predicted octanol–water partition coefficient (Wildman–Crippen LogP) is 1.95. The molecule has 0 saturated heterocycles. The van der Waals surface area contributed by atoms with Crippen molar-refractivity contribution in [2.75, 3.05) is 5.32 Å². The number of carbonyl (C=O) groups is 1. The van der Waals surface area contributed by atoms with Crippen LogP contribution in [-0.2, 0) is 19.6 Å². The predicted molar refractivity (Wildman–Crippen MR) is 104 cm³/mol. The first kappa shape index (κ1) is 18.7. The van der Waals surface area contributed by atoms with Gasteiger partial charge in [0.25, 0.3) is 0 Å². The maximum atomic E-state index is 12.5. The molecule has 9 nitrogen and oxygen atoms in total. The van der Waals surface area contributed by atoms with Gasteiger partial charge in [-0.15, -0.1) is 0 Å². The van der Waals surface area contributed by atoms with Crippen LogP contribution in [0.5, 0.6) is 0 Å². The molecule has 0 fully saturated rings. The van der Waals surface area contributed by atoms with Gasteiger partial charge in [0.1, 0.15) is 12.7 Å². The minimum Gasteiger partial charge on any atom is -0.334 e. The van der Waals surface area contributed by atoms with Gasteiger partial charge in [-0.3, -0.25) is 13.8 Å². The Morgan fingerprint density at radius 3 is 2.44 bits per heavy atom. The van der Waals surface area contributed by atoms with Crippen molar-refractivity contribution >= 4 is 22.8 Å². The van der Waals surface area contributed by atoms with Crippen LogP contribution in [0.25, 0.3) is 11.0 Å². The highest BCUT2D eigenvalue weighted by Gasteiger charge is 2.15. The van der Waals surface area contributed by atoms with E-state index < -0.39 is 0 Å². The molecule has 9 heteroatoms. The summed E-state index contributed by atoms with van der Waals surface area (Å²) in [4.78, 5) is 28.8. The largest absolute Gasteiger partial charge is 0.334 e. The van der Waals surface area contributed by atoms with Crippen LogP contribution in [0, 0.1) is 6.92 Å². The van der Waals surface area contributed by atoms with Gasteiger partial charge in [0.15, 0.2) is 0 Å². The molecule has 0 spiro atoms. The number of hydrogen-bond acceptors (Lipinski definition) is 4. The number of benzene rings is 1. The van der Waals surface area contributed by atoms with Crippen molar-refractivity contribution in [1.29, 1.82) is 0 Å². The Kier molecular flexibility index (Phi) is 5.29. The Balaban J connectivity index is 1.81. The van der Waals surface area contributed by atoms with Crippen LogP contribution >= 0.6 is 0 Å². The Hall–Kier alpha value is -3.10. The molecule has 0 unspecified atom stereocenters. The number of aryl methyl sites for hydroxylation is 3. The number of amides is 2. The minimum absolute atomic E-state index is 0.0301. The van der Waals surface area contributed by atoms with Crippen molar-refractivity contribution in [2.45, 2.75) is 53.4 Å². The lowest BCUT2D eigenvalue weighted by atomic mass is 10.1. The summed E-state index contributed by atoms with van der Waals surface area (Å²) in [6, 6.07) is 3.39. The molecule has 0 aliphatic carbocycles. The van der Waals surface area contributed by atoms with Crippen LogP contribution in [0.1, 0.15) is 26.3 Å². The van der Waals surface area contributed by atoms with Gasteiger partial charge in [0, 0.05) is 24.8 Å². The molecule has 0 radical (unpaired) electrons. The van der Waals surface area contributed by atoms with Crippen LogP contribution < -0.4 is 16.3 Å². The second kappa shape index (κ2) is 7.65. The molecule has 144 valence electrons. The van der Waals surface area contributed by atoms with Crippen LogP contribution in [-0.4, -0.2) is 36.0 Å². The molecule has 0 bridgehead atoms. The lowest BCUT2D eigenvalue weighted by Gasteiger charge is -2.15. The number of imidazole rings is 1. The fourth-order valence-electron chi connectivity index (χ4n) is 3.25. The number of nitrogens with zero attached hydrogens (tertiary/aromatic N) is 5. The summed E-state index contributed by atoms with van der Waals surface area (Å²) in [6.07, 6.45) is 3.07. The van der Waals surface area contributed by atoms with Gasteiger partial charge in [-0.05, 0) is 45.4 Å². The third-order valence-corrected chi connectivity index (χ3v) is 4.55. The Morgan fingerprint density at radius 1 is 1.19 bits per heavy atom. The highest BCUT2D eigenvalue weighted by Crippen LogP contribution is 2.23. The molecule has 1 atom stereocenters. The van der Waals surface area contributed by atoms with E-state index >= 15 is 0 Å². The van der Waals surface area contributed by atoms with Crippen molar-refractivity contribution in [3.63, 3.8) is 0 Å². The zero-order chi connectivity index (χ0) is 19.6. The Morgan fingerprint density at radius 2 is 1.85 bits per heavy atom. The summed E-state index contributed by atoms with van der Waals surface area (Å²) in [6.45, 7) is 9.41. The lowest BCUT2D eigenvalue weighted by molar-refractivity contribution is 0.247. The average Bonchev–Trinajstić information content (AvgIpc) is 3.20. The Bertz CT molecular complexity index is 1000. The van der Waals surface area contributed by atoms with Gasteiger partial charge in [-0.25, -0.2) is 14.6 Å². The summed E-state index contributed by atoms with van der Waals surface area (Å²) in [5.74, 6) is 0. The first-order valence-electron chi connectivity index (χ1n) is 9.08. The highest BCUT2D eigenvalue weighted by atomic mass is 16.2. The molecule has 0 aliphatic heterocycles. The van der Waals surface area contributed by atoms with Crippen LogP contribution in [0.4, 0.5) is 10.5 Å². The second-order valence-electron chi connectivity index (χ2n) is 6.54. The summed E-state index contributed by atoms with van der Waals surface area (Å²) >= 11 is 0. The van der Waals surface area contributed by atoms with E-state index in [4.69, 9.17) is 0 Å². The number of carbonyl (C=O) groups excluding carboxylic acids is 1. The molecule has 27 heavy (non-hydrogen) atoms. The van der Waals surface area contributed by atoms with E-state index in [1.807, 2.05) is 39.8 Å². The molecule has 1 aromatic carbocycles. The topological polar surface area (TPSA) is 98.8 Å². The second-order valence-corrected chi connectivity index (χ2v) is 6.54. The van der Waals surface area contributed by atoms with Crippen molar-refractivity contribution in [2.24, 2.45) is 0 Å². The van der Waals surface area contributed by atoms with Crippen molar-refractivity contribution in [3.8, 4) is 0 Å². The molecule has 0 saturated carbocycles. The van der Waals surface area contributed by atoms with Crippen molar-refractivity contribution in [1.82, 2.24) is 29.2 Å². The van der Waals surface area contributed by atoms with Gasteiger partial charge in [0.05, 0.1) is 17.6 Å². The Labute approximate surface area is 157 Å². The number of fused-ring (bicyclic) bond motifs is 1. The van der Waals surface area contributed by atoms with E-state index in [0.29, 0.717) is 25.3 Å². The van der Waals surface area contributed by atoms with Crippen molar-refractivity contribution < 1.29 is 4.79 Å². The third kappa shape index (κ3) is 3.71. The summed E-state index contributed by atoms with van der Waals surface area (Å²) in [5.41, 5.74) is 3.26. The quantitative estimate of drug-likeness (QED) is 0.692.